The fourth-order valence-electron chi connectivity index (χ4n) is 0.515. The third kappa shape index (κ3) is 0.964. The van der Waals surface area contributed by atoms with Gasteiger partial charge in [-0.3, -0.25) is 0 Å². The number of aliphatic hydroxyl groups excluding tert-OH is 1. The van der Waals surface area contributed by atoms with Crippen molar-refractivity contribution in [2.75, 3.05) is 6.61 Å². The van der Waals surface area contributed by atoms with Crippen molar-refractivity contribution in [1.29, 1.82) is 0 Å². The van der Waals surface area contributed by atoms with Crippen molar-refractivity contribution in [3.05, 3.63) is 6.61 Å². The van der Waals surface area contributed by atoms with Gasteiger partial charge >= 0.3 is 0 Å². The van der Waals surface area contributed by atoms with Gasteiger partial charge in [0.1, 0.15) is 12.7 Å². The monoisotopic (exact) mass is 121 g/mol. The van der Waals surface area contributed by atoms with E-state index in [1.54, 1.807) is 0 Å². The Morgan fingerprint density at radius 2 is 2.62 bits per heavy atom. The smallest absolute Gasteiger partial charge is 0.155 e. The minimum atomic E-state index is -0.894. The molecule has 1 aliphatic rings. The van der Waals surface area contributed by atoms with Crippen molar-refractivity contribution >= 4 is 0 Å². The van der Waals surface area contributed by atoms with Gasteiger partial charge in [-0.1, -0.05) is 0 Å². The van der Waals surface area contributed by atoms with Gasteiger partial charge in [-0.2, -0.15) is 4.94 Å². The van der Waals surface area contributed by atoms with Gasteiger partial charge in [-0.25, -0.2) is 0 Å². The van der Waals surface area contributed by atoms with Gasteiger partial charge in [-0.05, 0) is 4.53 Å². The molecule has 0 amide bonds. The van der Waals surface area contributed by atoms with Crippen molar-refractivity contribution in [2.45, 2.75) is 12.2 Å². The van der Waals surface area contributed by atoms with Crippen LogP contribution in [0.25, 0.3) is 0 Å². The molecule has 1 radical (unpaired) electrons. The lowest BCUT2D eigenvalue weighted by molar-refractivity contribution is -0.188. The van der Waals surface area contributed by atoms with E-state index in [2.05, 4.69) is 9.68 Å². The number of hydrogen-bond acceptors (Lipinski definition) is 3. The second kappa shape index (κ2) is 2.39. The largest absolute Gasteiger partial charge is 0.388 e. The molecular weight excluding hydrogens is 115 g/mol. The van der Waals surface area contributed by atoms with Crippen molar-refractivity contribution in [1.82, 2.24) is 0 Å². The van der Waals surface area contributed by atoms with Gasteiger partial charge in [-0.15, -0.1) is 0 Å². The highest BCUT2D eigenvalue weighted by Gasteiger charge is 2.28. The summed E-state index contributed by atoms with van der Waals surface area (Å²) in [4.78, 5) is 3.29. The molecule has 1 rings (SSSR count). The minimum absolute atomic E-state index is 0.120. The van der Waals surface area contributed by atoms with Crippen LogP contribution in [0, 0.1) is 6.61 Å². The van der Waals surface area contributed by atoms with Crippen LogP contribution in [-0.4, -0.2) is 23.9 Å². The molecule has 0 saturated carbocycles. The molecule has 0 aliphatic carbocycles. The summed E-state index contributed by atoms with van der Waals surface area (Å²) in [6.45, 7) is 1.25. The number of halogens is 1. The van der Waals surface area contributed by atoms with Crippen LogP contribution >= 0.6 is 0 Å². The molecule has 3 nitrogen and oxygen atoms in total. The molecule has 47 valence electrons. The molecule has 0 aromatic rings. The van der Waals surface area contributed by atoms with Gasteiger partial charge in [0.2, 0.25) is 0 Å². The van der Waals surface area contributed by atoms with Crippen molar-refractivity contribution < 1.29 is 19.3 Å². The predicted octanol–water partition coefficient (Wildman–Crippen LogP) is -0.191. The highest BCUT2D eigenvalue weighted by Crippen LogP contribution is 2.12. The molecule has 0 spiro atoms. The van der Waals surface area contributed by atoms with Gasteiger partial charge in [0.15, 0.2) is 6.10 Å². The summed E-state index contributed by atoms with van der Waals surface area (Å²) >= 11 is 0. The molecule has 8 heavy (non-hydrogen) atoms. The van der Waals surface area contributed by atoms with E-state index in [0.29, 0.717) is 0 Å². The van der Waals surface area contributed by atoms with Crippen LogP contribution in [-0.2, 0) is 9.68 Å². The lowest BCUT2D eigenvalue weighted by atomic mass is 10.3. The number of hydrogen-bond donors (Lipinski definition) is 1. The van der Waals surface area contributed by atoms with Crippen LogP contribution in [0.1, 0.15) is 0 Å². The van der Waals surface area contributed by atoms with E-state index in [1.807, 2.05) is 0 Å². The Morgan fingerprint density at radius 3 is 2.88 bits per heavy atom. The summed E-state index contributed by atoms with van der Waals surface area (Å²) in [7, 11) is 0. The Morgan fingerprint density at radius 1 is 1.88 bits per heavy atom. The third-order valence-corrected chi connectivity index (χ3v) is 0.979. The Bertz CT molecular complexity index is 77.7. The van der Waals surface area contributed by atoms with Crippen molar-refractivity contribution in [2.24, 2.45) is 0 Å². The van der Waals surface area contributed by atoms with Crippen LogP contribution in [0.4, 0.5) is 4.53 Å². The van der Waals surface area contributed by atoms with Crippen molar-refractivity contribution in [3.63, 3.8) is 0 Å². The maximum Gasteiger partial charge on any atom is 0.155 e. The SMILES string of the molecule is O[C@@H]1CO[CH][C@H]1OF. The Kier molecular flexibility index (Phi) is 1.77. The summed E-state index contributed by atoms with van der Waals surface area (Å²) in [5.41, 5.74) is 0. The summed E-state index contributed by atoms with van der Waals surface area (Å²) in [6, 6.07) is 0. The first-order chi connectivity index (χ1) is 3.84. The first-order valence-corrected chi connectivity index (χ1v) is 2.25. The molecule has 1 saturated heterocycles. The Labute approximate surface area is 45.9 Å². The minimum Gasteiger partial charge on any atom is -0.388 e. The molecular formula is C4H6FO3. The Hall–Kier alpha value is -0.190. The molecule has 0 bridgehead atoms. The highest BCUT2D eigenvalue weighted by molar-refractivity contribution is 4.81. The van der Waals surface area contributed by atoms with Gasteiger partial charge < -0.3 is 9.84 Å². The normalized spacial score (nSPS) is 38.2. The Balaban J connectivity index is 2.30. The lowest BCUT2D eigenvalue weighted by Crippen LogP contribution is -2.21. The summed E-state index contributed by atoms with van der Waals surface area (Å²) in [5.74, 6) is 0. The van der Waals surface area contributed by atoms with Crippen LogP contribution in [0.2, 0.25) is 0 Å². The topological polar surface area (TPSA) is 38.7 Å². The quantitative estimate of drug-likeness (QED) is 0.522. The number of aliphatic hydroxyl groups is 1. The molecule has 4 heteroatoms. The van der Waals surface area contributed by atoms with E-state index in [0.717, 1.165) is 6.61 Å². The van der Waals surface area contributed by atoms with E-state index in [1.165, 1.54) is 0 Å². The van der Waals surface area contributed by atoms with Gasteiger partial charge in [0.05, 0.1) is 6.61 Å². The average Bonchev–Trinajstić information content (AvgIpc) is 2.14. The third-order valence-electron chi connectivity index (χ3n) is 0.979. The van der Waals surface area contributed by atoms with Crippen LogP contribution in [0.5, 0.6) is 0 Å². The summed E-state index contributed by atoms with van der Waals surface area (Å²) < 4.78 is 15.7. The van der Waals surface area contributed by atoms with Crippen LogP contribution in [0.15, 0.2) is 0 Å². The van der Waals surface area contributed by atoms with Gasteiger partial charge in [0, 0.05) is 0 Å². The molecule has 2 atom stereocenters. The number of ether oxygens (including phenoxy) is 1. The van der Waals surface area contributed by atoms with E-state index in [4.69, 9.17) is 5.11 Å². The van der Waals surface area contributed by atoms with E-state index >= 15 is 0 Å². The zero-order chi connectivity index (χ0) is 5.98. The lowest BCUT2D eigenvalue weighted by Gasteiger charge is -2.02. The molecule has 0 aromatic heterocycles. The molecule has 1 fully saturated rings. The zero-order valence-corrected chi connectivity index (χ0v) is 4.08. The average molecular weight is 121 g/mol. The van der Waals surface area contributed by atoms with Crippen LogP contribution < -0.4 is 0 Å². The second-order valence-electron chi connectivity index (χ2n) is 1.59. The first kappa shape index (κ1) is 5.94. The fraction of sp³-hybridized carbons (Fsp3) is 0.750. The standard InChI is InChI=1S/C4H6FO3/c5-8-4-2-7-1-3(4)6/h2-4,6H,1H2/t3-,4-/m1/s1. The maximum absolute atomic E-state index is 11.2. The predicted molar refractivity (Wildman–Crippen MR) is 22.2 cm³/mol. The summed E-state index contributed by atoms with van der Waals surface area (Å²) in [5, 5.41) is 8.67. The molecule has 0 unspecified atom stereocenters. The van der Waals surface area contributed by atoms with E-state index < -0.39 is 12.2 Å². The van der Waals surface area contributed by atoms with E-state index in [9.17, 15) is 4.53 Å². The number of rotatable bonds is 1. The maximum atomic E-state index is 11.2. The van der Waals surface area contributed by atoms with Crippen molar-refractivity contribution in [3.8, 4) is 0 Å². The first-order valence-electron chi connectivity index (χ1n) is 2.25. The van der Waals surface area contributed by atoms with Crippen LogP contribution in [0.3, 0.4) is 0 Å². The molecule has 1 N–H and O–H groups in total. The highest BCUT2D eigenvalue weighted by atomic mass is 19.3. The molecule has 0 aromatic carbocycles. The zero-order valence-electron chi connectivity index (χ0n) is 4.08. The molecule has 1 aliphatic heterocycles. The fourth-order valence-corrected chi connectivity index (χ4v) is 0.515. The summed E-state index contributed by atoms with van der Waals surface area (Å²) in [6.07, 6.45) is -1.74. The van der Waals surface area contributed by atoms with E-state index in [-0.39, 0.29) is 6.61 Å². The van der Waals surface area contributed by atoms with Gasteiger partial charge in [0.25, 0.3) is 0 Å². The second-order valence-corrected chi connectivity index (χ2v) is 1.59. The molecule has 1 heterocycles.